The van der Waals surface area contributed by atoms with Crippen molar-refractivity contribution in [2.45, 2.75) is 12.2 Å². The highest BCUT2D eigenvalue weighted by Gasteiger charge is 2.28. The van der Waals surface area contributed by atoms with E-state index in [1.807, 2.05) is 4.90 Å². The summed E-state index contributed by atoms with van der Waals surface area (Å²) in [5.74, 6) is 0.585. The van der Waals surface area contributed by atoms with Crippen molar-refractivity contribution < 1.29 is 14.9 Å². The molecule has 0 spiro atoms. The molecule has 1 aliphatic heterocycles. The number of ether oxygens (including phenoxy) is 1. The van der Waals surface area contributed by atoms with E-state index < -0.39 is 12.2 Å². The molecule has 0 radical (unpaired) electrons. The van der Waals surface area contributed by atoms with Crippen molar-refractivity contribution in [1.82, 2.24) is 4.90 Å². The maximum Gasteiger partial charge on any atom is 0.138 e. The Hall–Kier alpha value is -0.520. The monoisotopic (exact) mass is 291 g/mol. The zero-order chi connectivity index (χ0) is 13.1. The van der Waals surface area contributed by atoms with E-state index in [1.165, 1.54) is 0 Å². The standard InChI is InChI=1S/C12H15Cl2NO3/c13-8-1-2-12(9(14)5-8)18-4-3-15-6-10(16)11(17)7-15/h1-2,5,10-11,16-17H,3-4,6-7H2/t10-,11+. The summed E-state index contributed by atoms with van der Waals surface area (Å²) in [4.78, 5) is 1.94. The number of aliphatic hydroxyl groups is 2. The minimum atomic E-state index is -0.663. The zero-order valence-corrected chi connectivity index (χ0v) is 11.2. The van der Waals surface area contributed by atoms with Crippen molar-refractivity contribution in [1.29, 1.82) is 0 Å². The number of hydrogen-bond acceptors (Lipinski definition) is 4. The van der Waals surface area contributed by atoms with Crippen LogP contribution in [0.2, 0.25) is 10.0 Å². The second kappa shape index (κ2) is 6.08. The van der Waals surface area contributed by atoms with Crippen molar-refractivity contribution in [2.24, 2.45) is 0 Å². The quantitative estimate of drug-likeness (QED) is 0.881. The smallest absolute Gasteiger partial charge is 0.138 e. The van der Waals surface area contributed by atoms with Crippen molar-refractivity contribution in [3.63, 3.8) is 0 Å². The maximum absolute atomic E-state index is 9.39. The van der Waals surface area contributed by atoms with Gasteiger partial charge in [-0.25, -0.2) is 0 Å². The Balaban J connectivity index is 1.79. The summed E-state index contributed by atoms with van der Waals surface area (Å²) in [7, 11) is 0. The fourth-order valence-electron chi connectivity index (χ4n) is 1.91. The fourth-order valence-corrected chi connectivity index (χ4v) is 2.37. The van der Waals surface area contributed by atoms with Crippen LogP contribution in [-0.4, -0.2) is 53.6 Å². The van der Waals surface area contributed by atoms with Crippen LogP contribution in [0.3, 0.4) is 0 Å². The lowest BCUT2D eigenvalue weighted by molar-refractivity contribution is 0.0572. The van der Waals surface area contributed by atoms with Crippen LogP contribution >= 0.6 is 23.2 Å². The van der Waals surface area contributed by atoms with Crippen molar-refractivity contribution >= 4 is 23.2 Å². The summed E-state index contributed by atoms with van der Waals surface area (Å²) in [6, 6.07) is 5.06. The van der Waals surface area contributed by atoms with Crippen LogP contribution in [0.25, 0.3) is 0 Å². The van der Waals surface area contributed by atoms with Gasteiger partial charge in [0.05, 0.1) is 17.2 Å². The van der Waals surface area contributed by atoms with Crippen LogP contribution in [0.1, 0.15) is 0 Å². The average molecular weight is 292 g/mol. The highest BCUT2D eigenvalue weighted by molar-refractivity contribution is 6.35. The van der Waals surface area contributed by atoms with Gasteiger partial charge < -0.3 is 14.9 Å². The molecule has 18 heavy (non-hydrogen) atoms. The van der Waals surface area contributed by atoms with E-state index in [4.69, 9.17) is 27.9 Å². The van der Waals surface area contributed by atoms with Gasteiger partial charge in [0.15, 0.2) is 0 Å². The third-order valence-electron chi connectivity index (χ3n) is 2.89. The molecule has 0 saturated carbocycles. The summed E-state index contributed by atoms with van der Waals surface area (Å²) < 4.78 is 5.53. The van der Waals surface area contributed by atoms with Crippen LogP contribution in [0.5, 0.6) is 5.75 Å². The van der Waals surface area contributed by atoms with Gasteiger partial charge in [-0.15, -0.1) is 0 Å². The molecule has 1 fully saturated rings. The Labute approximate surface area is 116 Å². The van der Waals surface area contributed by atoms with Gasteiger partial charge in [0.2, 0.25) is 0 Å². The lowest BCUT2D eigenvalue weighted by Gasteiger charge is -2.15. The molecule has 0 bridgehead atoms. The fraction of sp³-hybridized carbons (Fsp3) is 0.500. The van der Waals surface area contributed by atoms with E-state index in [-0.39, 0.29) is 0 Å². The summed E-state index contributed by atoms with van der Waals surface area (Å²) in [5, 5.41) is 19.8. The van der Waals surface area contributed by atoms with Gasteiger partial charge in [0, 0.05) is 24.7 Å². The summed E-state index contributed by atoms with van der Waals surface area (Å²) >= 11 is 11.8. The molecule has 1 aromatic carbocycles. The average Bonchev–Trinajstić information content (AvgIpc) is 2.61. The summed E-state index contributed by atoms with van der Waals surface area (Å²) in [6.07, 6.45) is -1.33. The second-order valence-corrected chi connectivity index (χ2v) is 5.16. The van der Waals surface area contributed by atoms with E-state index in [2.05, 4.69) is 0 Å². The Bertz CT molecular complexity index is 406. The lowest BCUT2D eigenvalue weighted by Crippen LogP contribution is -2.27. The minimum absolute atomic E-state index is 0.445. The van der Waals surface area contributed by atoms with Crippen molar-refractivity contribution in [3.05, 3.63) is 28.2 Å². The SMILES string of the molecule is O[C@@H]1CN(CCOc2ccc(Cl)cc2Cl)C[C@@H]1O. The van der Waals surface area contributed by atoms with Crippen molar-refractivity contribution in [3.8, 4) is 5.75 Å². The molecular weight excluding hydrogens is 277 g/mol. The highest BCUT2D eigenvalue weighted by Crippen LogP contribution is 2.27. The molecule has 4 nitrogen and oxygen atoms in total. The highest BCUT2D eigenvalue weighted by atomic mass is 35.5. The molecule has 0 aromatic heterocycles. The summed E-state index contributed by atoms with van der Waals surface area (Å²) in [5.41, 5.74) is 0. The van der Waals surface area contributed by atoms with Gasteiger partial charge in [-0.05, 0) is 18.2 Å². The van der Waals surface area contributed by atoms with Crippen LogP contribution in [0.4, 0.5) is 0 Å². The minimum Gasteiger partial charge on any atom is -0.491 e. The maximum atomic E-state index is 9.39. The summed E-state index contributed by atoms with van der Waals surface area (Å²) in [6.45, 7) is 2.02. The van der Waals surface area contributed by atoms with E-state index in [0.717, 1.165) is 0 Å². The number of rotatable bonds is 4. The molecule has 0 aliphatic carbocycles. The number of β-amino-alcohol motifs (C(OH)–C–C–N with tert-alkyl or cyclic N) is 2. The first-order chi connectivity index (χ1) is 8.56. The van der Waals surface area contributed by atoms with Gasteiger partial charge in [-0.3, -0.25) is 4.90 Å². The first kappa shape index (κ1) is 13.9. The molecule has 6 heteroatoms. The lowest BCUT2D eigenvalue weighted by atomic mass is 10.3. The first-order valence-corrected chi connectivity index (χ1v) is 6.48. The van der Waals surface area contributed by atoms with Crippen LogP contribution in [0.15, 0.2) is 18.2 Å². The Kier molecular flexibility index (Phi) is 4.70. The van der Waals surface area contributed by atoms with E-state index in [1.54, 1.807) is 18.2 Å². The molecule has 2 N–H and O–H groups in total. The van der Waals surface area contributed by atoms with Gasteiger partial charge >= 0.3 is 0 Å². The molecule has 2 atom stereocenters. The normalized spacial score (nSPS) is 24.4. The topological polar surface area (TPSA) is 52.9 Å². The van der Waals surface area contributed by atoms with E-state index in [9.17, 15) is 10.2 Å². The molecule has 0 amide bonds. The van der Waals surface area contributed by atoms with E-state index in [0.29, 0.717) is 42.0 Å². The number of hydrogen-bond donors (Lipinski definition) is 2. The number of likely N-dealkylation sites (tertiary alicyclic amines) is 1. The Morgan fingerprint density at radius 2 is 1.89 bits per heavy atom. The Morgan fingerprint density at radius 1 is 1.22 bits per heavy atom. The van der Waals surface area contributed by atoms with Gasteiger partial charge in [-0.1, -0.05) is 23.2 Å². The second-order valence-electron chi connectivity index (χ2n) is 4.32. The zero-order valence-electron chi connectivity index (χ0n) is 9.72. The first-order valence-electron chi connectivity index (χ1n) is 5.72. The largest absolute Gasteiger partial charge is 0.491 e. The molecule has 1 aromatic rings. The molecule has 100 valence electrons. The van der Waals surface area contributed by atoms with E-state index >= 15 is 0 Å². The van der Waals surface area contributed by atoms with Crippen LogP contribution in [-0.2, 0) is 0 Å². The van der Waals surface area contributed by atoms with Crippen LogP contribution < -0.4 is 4.74 Å². The Morgan fingerprint density at radius 3 is 2.50 bits per heavy atom. The molecule has 1 heterocycles. The third kappa shape index (κ3) is 3.49. The molecular formula is C12H15Cl2NO3. The van der Waals surface area contributed by atoms with Crippen LogP contribution in [0, 0.1) is 0 Å². The molecule has 1 aliphatic rings. The number of halogens is 2. The number of nitrogens with zero attached hydrogens (tertiary/aromatic N) is 1. The van der Waals surface area contributed by atoms with Gasteiger partial charge in [0.25, 0.3) is 0 Å². The number of benzene rings is 1. The predicted octanol–water partition coefficient (Wildman–Crippen LogP) is 1.41. The molecule has 0 unspecified atom stereocenters. The van der Waals surface area contributed by atoms with Gasteiger partial charge in [0.1, 0.15) is 12.4 Å². The molecule has 2 rings (SSSR count). The van der Waals surface area contributed by atoms with Crippen molar-refractivity contribution in [2.75, 3.05) is 26.2 Å². The third-order valence-corrected chi connectivity index (χ3v) is 3.42. The predicted molar refractivity (Wildman–Crippen MR) is 70.4 cm³/mol. The van der Waals surface area contributed by atoms with Gasteiger partial charge in [-0.2, -0.15) is 0 Å². The number of aliphatic hydroxyl groups excluding tert-OH is 2. The molecule has 1 saturated heterocycles.